The second-order valence-corrected chi connectivity index (χ2v) is 14.0. The minimum Gasteiger partial charge on any atom is -0.331 e. The van der Waals surface area contributed by atoms with Crippen LogP contribution in [0.15, 0.2) is 70.1 Å². The van der Waals surface area contributed by atoms with E-state index in [-0.39, 0.29) is 24.7 Å². The van der Waals surface area contributed by atoms with E-state index in [9.17, 15) is 13.2 Å². The van der Waals surface area contributed by atoms with E-state index in [1.54, 1.807) is 45.3 Å². The van der Waals surface area contributed by atoms with Crippen molar-refractivity contribution in [3.8, 4) is 0 Å². The van der Waals surface area contributed by atoms with Gasteiger partial charge in [0.1, 0.15) is 0 Å². The number of thiophene rings is 4. The Morgan fingerprint density at radius 2 is 1.14 bits per heavy atom. The number of rotatable bonds is 14. The molecule has 0 fully saturated rings. The van der Waals surface area contributed by atoms with Gasteiger partial charge in [0.15, 0.2) is 0 Å². The molecule has 4 rings (SSSR count). The molecule has 0 unspecified atom stereocenters. The number of sulfonamides is 1. The normalized spacial score (nSPS) is 11.8. The highest BCUT2D eigenvalue weighted by molar-refractivity contribution is 7.89. The summed E-state index contributed by atoms with van der Waals surface area (Å²) < 4.78 is 27.9. The van der Waals surface area contributed by atoms with E-state index in [0.29, 0.717) is 26.2 Å². The summed E-state index contributed by atoms with van der Waals surface area (Å²) >= 11 is 6.35. The number of hydrogen-bond acceptors (Lipinski definition) is 8. The van der Waals surface area contributed by atoms with Crippen molar-refractivity contribution in [3.05, 3.63) is 89.6 Å². The van der Waals surface area contributed by atoms with Crippen LogP contribution in [-0.2, 0) is 41.0 Å². The highest BCUT2D eigenvalue weighted by Gasteiger charge is 2.23. The molecule has 0 radical (unpaired) electrons. The molecule has 0 spiro atoms. The van der Waals surface area contributed by atoms with Crippen molar-refractivity contribution in [1.29, 1.82) is 0 Å². The summed E-state index contributed by atoms with van der Waals surface area (Å²) in [6.45, 7) is 2.11. The van der Waals surface area contributed by atoms with Crippen LogP contribution in [-0.4, -0.2) is 42.4 Å². The van der Waals surface area contributed by atoms with Crippen LogP contribution in [0, 0.1) is 0 Å². The number of nitrogens with zero attached hydrogens (tertiary/aromatic N) is 2. The van der Waals surface area contributed by atoms with Crippen LogP contribution in [0.1, 0.15) is 19.5 Å². The lowest BCUT2D eigenvalue weighted by Gasteiger charge is -2.23. The number of amides is 1. The van der Waals surface area contributed by atoms with Gasteiger partial charge in [-0.1, -0.05) is 24.3 Å². The molecule has 0 saturated carbocycles. The van der Waals surface area contributed by atoms with E-state index in [0.717, 1.165) is 19.5 Å². The summed E-state index contributed by atoms with van der Waals surface area (Å²) in [6.07, 6.45) is 0. The molecule has 0 atom stereocenters. The lowest BCUT2D eigenvalue weighted by molar-refractivity contribution is -0.131. The smallest absolute Gasteiger partial charge is 0.237 e. The third-order valence-corrected chi connectivity index (χ3v) is 10.4. The average molecular weight is 566 g/mol. The summed E-state index contributed by atoms with van der Waals surface area (Å²) in [6, 6.07) is 15.8. The molecule has 35 heavy (non-hydrogen) atoms. The molecule has 0 saturated heterocycles. The standard InChI is InChI=1S/C24H27N3O3S5/c28-24(26(16-20-5-1-10-31-20)17-21-6-2-11-32-21)15-25-9-14-35(29,30)27(18-22-7-3-12-33-22)19-23-8-4-13-34-23/h1-8,10-13,25H,9,14-19H2. The van der Waals surface area contributed by atoms with Gasteiger partial charge in [0.2, 0.25) is 15.9 Å². The molecule has 11 heteroatoms. The van der Waals surface area contributed by atoms with Gasteiger partial charge < -0.3 is 10.2 Å². The van der Waals surface area contributed by atoms with Gasteiger partial charge in [-0.05, 0) is 45.8 Å². The highest BCUT2D eigenvalue weighted by atomic mass is 32.2. The Labute approximate surface area is 222 Å². The Balaban J connectivity index is 1.32. The molecule has 6 nitrogen and oxygen atoms in total. The fourth-order valence-electron chi connectivity index (χ4n) is 3.46. The van der Waals surface area contributed by atoms with E-state index >= 15 is 0 Å². The molecule has 0 aliphatic heterocycles. The quantitative estimate of drug-likeness (QED) is 0.217. The minimum atomic E-state index is -3.51. The SMILES string of the molecule is O=C(CNCCS(=O)(=O)N(Cc1cccs1)Cc1cccs1)N(Cc1cccs1)Cc1cccs1. The predicted octanol–water partition coefficient (Wildman–Crippen LogP) is 5.08. The van der Waals surface area contributed by atoms with Crippen molar-refractivity contribution in [2.45, 2.75) is 26.2 Å². The fraction of sp³-hybridized carbons (Fsp3) is 0.292. The van der Waals surface area contributed by atoms with Crippen LogP contribution in [0.4, 0.5) is 0 Å². The van der Waals surface area contributed by atoms with Gasteiger partial charge in [-0.2, -0.15) is 4.31 Å². The van der Waals surface area contributed by atoms with Crippen LogP contribution in [0.2, 0.25) is 0 Å². The van der Waals surface area contributed by atoms with Crippen LogP contribution >= 0.6 is 45.3 Å². The second kappa shape index (κ2) is 12.9. The molecular formula is C24H27N3O3S5. The summed E-state index contributed by atoms with van der Waals surface area (Å²) in [7, 11) is -3.51. The van der Waals surface area contributed by atoms with Crippen molar-refractivity contribution >= 4 is 61.3 Å². The van der Waals surface area contributed by atoms with E-state index in [1.165, 1.54) is 4.31 Å². The van der Waals surface area contributed by atoms with Crippen LogP contribution in [0.3, 0.4) is 0 Å². The van der Waals surface area contributed by atoms with E-state index in [4.69, 9.17) is 0 Å². The van der Waals surface area contributed by atoms with Gasteiger partial charge in [-0.3, -0.25) is 4.79 Å². The maximum atomic E-state index is 13.2. The monoisotopic (exact) mass is 565 g/mol. The van der Waals surface area contributed by atoms with E-state index in [2.05, 4.69) is 5.32 Å². The molecule has 1 N–H and O–H groups in total. The molecule has 4 heterocycles. The third-order valence-electron chi connectivity index (χ3n) is 5.24. The lowest BCUT2D eigenvalue weighted by atomic mass is 10.3. The Bertz CT molecular complexity index is 1160. The number of hydrogen-bond donors (Lipinski definition) is 1. The van der Waals surface area contributed by atoms with Gasteiger partial charge in [0.25, 0.3) is 0 Å². The number of carbonyl (C=O) groups is 1. The predicted molar refractivity (Wildman–Crippen MR) is 147 cm³/mol. The van der Waals surface area contributed by atoms with Gasteiger partial charge in [-0.15, -0.1) is 45.3 Å². The molecule has 0 aliphatic rings. The van der Waals surface area contributed by atoms with Gasteiger partial charge in [0, 0.05) is 39.1 Å². The first kappa shape index (κ1) is 26.2. The maximum Gasteiger partial charge on any atom is 0.237 e. The minimum absolute atomic E-state index is 0.0433. The van der Waals surface area contributed by atoms with Crippen LogP contribution in [0.5, 0.6) is 0 Å². The van der Waals surface area contributed by atoms with E-state index in [1.807, 2.05) is 75.0 Å². The Hall–Kier alpha value is -1.86. The van der Waals surface area contributed by atoms with Crippen LogP contribution in [0.25, 0.3) is 0 Å². The average Bonchev–Trinajstić information content (AvgIpc) is 3.65. The Morgan fingerprint density at radius 3 is 1.54 bits per heavy atom. The Kier molecular flexibility index (Phi) is 9.67. The van der Waals surface area contributed by atoms with Crippen molar-refractivity contribution in [3.63, 3.8) is 0 Å². The molecular weight excluding hydrogens is 539 g/mol. The topological polar surface area (TPSA) is 69.7 Å². The molecule has 0 aliphatic carbocycles. The largest absolute Gasteiger partial charge is 0.331 e. The first-order chi connectivity index (χ1) is 17.0. The molecule has 4 aromatic heterocycles. The van der Waals surface area contributed by atoms with E-state index < -0.39 is 10.0 Å². The fourth-order valence-corrected chi connectivity index (χ4v) is 7.83. The van der Waals surface area contributed by atoms with Crippen molar-refractivity contribution in [2.24, 2.45) is 0 Å². The number of carbonyl (C=O) groups excluding carboxylic acids is 1. The molecule has 0 aromatic carbocycles. The summed E-state index contributed by atoms with van der Waals surface area (Å²) in [5, 5.41) is 11.0. The molecule has 1 amide bonds. The highest BCUT2D eigenvalue weighted by Crippen LogP contribution is 2.20. The van der Waals surface area contributed by atoms with Crippen LogP contribution < -0.4 is 5.32 Å². The lowest BCUT2D eigenvalue weighted by Crippen LogP contribution is -2.40. The summed E-state index contributed by atoms with van der Waals surface area (Å²) in [4.78, 5) is 19.1. The van der Waals surface area contributed by atoms with Gasteiger partial charge in [-0.25, -0.2) is 8.42 Å². The van der Waals surface area contributed by atoms with Crippen molar-refractivity contribution < 1.29 is 13.2 Å². The molecule has 4 aromatic rings. The zero-order valence-electron chi connectivity index (χ0n) is 19.0. The first-order valence-corrected chi connectivity index (χ1v) is 16.2. The summed E-state index contributed by atoms with van der Waals surface area (Å²) in [5.74, 6) is -0.106. The second-order valence-electron chi connectivity index (χ2n) is 7.83. The van der Waals surface area contributed by atoms with Crippen molar-refractivity contribution in [1.82, 2.24) is 14.5 Å². The Morgan fingerprint density at radius 1 is 0.714 bits per heavy atom. The van der Waals surface area contributed by atoms with Gasteiger partial charge >= 0.3 is 0 Å². The van der Waals surface area contributed by atoms with Crippen molar-refractivity contribution in [2.75, 3.05) is 18.8 Å². The third kappa shape index (κ3) is 8.07. The first-order valence-electron chi connectivity index (χ1n) is 11.1. The zero-order valence-corrected chi connectivity index (χ0v) is 23.1. The zero-order chi connectivity index (χ0) is 24.5. The van der Waals surface area contributed by atoms with Gasteiger partial charge in [0.05, 0.1) is 25.4 Å². The summed E-state index contributed by atoms with van der Waals surface area (Å²) in [5.41, 5.74) is 0. The molecule has 186 valence electrons. The molecule has 0 bridgehead atoms. The number of nitrogens with one attached hydrogen (secondary N) is 1. The maximum absolute atomic E-state index is 13.2.